The summed E-state index contributed by atoms with van der Waals surface area (Å²) in [6, 6.07) is 0. The van der Waals surface area contributed by atoms with Crippen molar-refractivity contribution >= 4 is 52.4 Å². The standard InChI is InChI=1S/C18H28N5O8PS2/c1-10(34-33-2)5-3-4-6-12(24)31-32(27,28)29-7-11-14(25)15(26)18(30-11)23-9-22-13-16(19)20-8-21-17(13)23/h8-11,14-15,18,25-26H,3-7H2,1-2H3,(H,27,28)(H2,19,20,21)/t10-,11+,14+,15+,18+/m0/s1. The average molecular weight is 538 g/mol. The van der Waals surface area contributed by atoms with Gasteiger partial charge in [0, 0.05) is 11.7 Å². The molecule has 0 saturated carbocycles. The minimum Gasteiger partial charge on any atom is -0.387 e. The van der Waals surface area contributed by atoms with E-state index in [1.54, 1.807) is 21.6 Å². The maximum Gasteiger partial charge on any atom is 0.529 e. The Morgan fingerprint density at radius 3 is 2.82 bits per heavy atom. The number of unbranched alkanes of at least 4 members (excludes halogenated alkanes) is 1. The number of aliphatic hydroxyl groups excluding tert-OH is 2. The van der Waals surface area contributed by atoms with Crippen molar-refractivity contribution in [1.82, 2.24) is 19.5 Å². The summed E-state index contributed by atoms with van der Waals surface area (Å²) in [5.41, 5.74) is 6.32. The molecular formula is C18H28N5O8PS2. The minimum absolute atomic E-state index is 0.0212. The Labute approximate surface area is 203 Å². The third-order valence-electron chi connectivity index (χ3n) is 5.12. The van der Waals surface area contributed by atoms with Crippen molar-refractivity contribution in [3.8, 4) is 0 Å². The van der Waals surface area contributed by atoms with Crippen LogP contribution in [0, 0.1) is 0 Å². The second-order valence-corrected chi connectivity index (χ2v) is 12.0. The minimum atomic E-state index is -4.74. The fraction of sp³-hybridized carbons (Fsp3) is 0.667. The summed E-state index contributed by atoms with van der Waals surface area (Å²) in [5, 5.41) is 21.2. The fourth-order valence-electron chi connectivity index (χ4n) is 3.43. The number of imidazole rings is 1. The van der Waals surface area contributed by atoms with Gasteiger partial charge < -0.3 is 25.2 Å². The lowest BCUT2D eigenvalue weighted by Crippen LogP contribution is -2.33. The van der Waals surface area contributed by atoms with Gasteiger partial charge in [-0.15, -0.1) is 0 Å². The SMILES string of the molecule is CSS[C@@H](C)CCCCC(=O)OP(=O)(O)OC[C@H]1O[C@@H](n2cnc3c(N)ncnc32)[C@H](O)[C@@H]1O. The average Bonchev–Trinajstić information content (AvgIpc) is 3.32. The molecule has 3 heterocycles. The number of hydrogen-bond acceptors (Lipinski definition) is 13. The normalized spacial score (nSPS) is 25.3. The van der Waals surface area contributed by atoms with Crippen molar-refractivity contribution in [1.29, 1.82) is 0 Å². The lowest BCUT2D eigenvalue weighted by Gasteiger charge is -2.17. The number of phosphoric ester groups is 1. The molecule has 1 fully saturated rings. The van der Waals surface area contributed by atoms with Crippen LogP contribution in [0.15, 0.2) is 12.7 Å². The smallest absolute Gasteiger partial charge is 0.387 e. The van der Waals surface area contributed by atoms with Crippen molar-refractivity contribution in [2.24, 2.45) is 0 Å². The molecule has 6 atom stereocenters. The number of anilines is 1. The summed E-state index contributed by atoms with van der Waals surface area (Å²) in [7, 11) is -1.31. The Bertz CT molecular complexity index is 1030. The first-order chi connectivity index (χ1) is 16.1. The van der Waals surface area contributed by atoms with Crippen molar-refractivity contribution in [3.05, 3.63) is 12.7 Å². The van der Waals surface area contributed by atoms with E-state index in [0.29, 0.717) is 11.7 Å². The molecule has 0 radical (unpaired) electrons. The highest BCUT2D eigenvalue weighted by Gasteiger charge is 2.45. The molecule has 2 aromatic rings. The second kappa shape index (κ2) is 12.0. The van der Waals surface area contributed by atoms with Crippen molar-refractivity contribution in [2.75, 3.05) is 18.6 Å². The van der Waals surface area contributed by atoms with Crippen LogP contribution in [0.5, 0.6) is 0 Å². The topological polar surface area (TPSA) is 192 Å². The van der Waals surface area contributed by atoms with Gasteiger partial charge in [-0.3, -0.25) is 18.8 Å². The molecule has 2 aromatic heterocycles. The molecule has 1 aliphatic rings. The maximum atomic E-state index is 12.2. The van der Waals surface area contributed by atoms with Gasteiger partial charge in [0.25, 0.3) is 0 Å². The highest BCUT2D eigenvalue weighted by molar-refractivity contribution is 8.76. The van der Waals surface area contributed by atoms with Crippen LogP contribution in [0.2, 0.25) is 0 Å². The largest absolute Gasteiger partial charge is 0.529 e. The molecule has 190 valence electrons. The maximum absolute atomic E-state index is 12.2. The van der Waals surface area contributed by atoms with E-state index in [2.05, 4.69) is 26.4 Å². The summed E-state index contributed by atoms with van der Waals surface area (Å²) >= 11 is 0. The molecule has 5 N–H and O–H groups in total. The van der Waals surface area contributed by atoms with E-state index in [4.69, 9.17) is 15.0 Å². The zero-order valence-corrected chi connectivity index (χ0v) is 21.1. The predicted octanol–water partition coefficient (Wildman–Crippen LogP) is 1.65. The quantitative estimate of drug-likeness (QED) is 0.173. The van der Waals surface area contributed by atoms with Crippen LogP contribution in [-0.4, -0.2) is 77.0 Å². The number of carbonyl (C=O) groups excluding carboxylic acids is 1. The first-order valence-electron chi connectivity index (χ1n) is 10.5. The van der Waals surface area contributed by atoms with E-state index in [-0.39, 0.29) is 23.4 Å². The summed E-state index contributed by atoms with van der Waals surface area (Å²) < 4.78 is 28.6. The zero-order valence-electron chi connectivity index (χ0n) is 18.6. The van der Waals surface area contributed by atoms with Crippen LogP contribution in [0.4, 0.5) is 5.82 Å². The number of aromatic nitrogens is 4. The van der Waals surface area contributed by atoms with Gasteiger partial charge in [-0.2, -0.15) is 0 Å². The Hall–Kier alpha value is -1.45. The van der Waals surface area contributed by atoms with E-state index in [9.17, 15) is 24.5 Å². The van der Waals surface area contributed by atoms with E-state index in [0.717, 1.165) is 12.8 Å². The Balaban J connectivity index is 1.50. The summed E-state index contributed by atoms with van der Waals surface area (Å²) in [6.45, 7) is 1.48. The predicted molar refractivity (Wildman–Crippen MR) is 127 cm³/mol. The molecule has 0 aromatic carbocycles. The van der Waals surface area contributed by atoms with Crippen LogP contribution >= 0.6 is 29.4 Å². The molecule has 1 saturated heterocycles. The summed E-state index contributed by atoms with van der Waals surface area (Å²) in [4.78, 5) is 33.7. The number of hydrogen-bond donors (Lipinski definition) is 4. The number of carbonyl (C=O) groups is 1. The zero-order chi connectivity index (χ0) is 24.9. The van der Waals surface area contributed by atoms with Crippen LogP contribution in [-0.2, 0) is 23.1 Å². The van der Waals surface area contributed by atoms with E-state index < -0.39 is 44.9 Å². The number of nitrogen functional groups attached to an aromatic ring is 1. The monoisotopic (exact) mass is 537 g/mol. The summed E-state index contributed by atoms with van der Waals surface area (Å²) in [5.74, 6) is -0.725. The number of nitrogens with two attached hydrogens (primary N) is 1. The molecule has 0 spiro atoms. The summed E-state index contributed by atoms with van der Waals surface area (Å²) in [6.07, 6.45) is 1.54. The van der Waals surface area contributed by atoms with E-state index in [1.165, 1.54) is 17.2 Å². The highest BCUT2D eigenvalue weighted by atomic mass is 33.1. The van der Waals surface area contributed by atoms with Crippen molar-refractivity contribution in [3.63, 3.8) is 0 Å². The molecule has 16 heteroatoms. The molecule has 0 bridgehead atoms. The van der Waals surface area contributed by atoms with Gasteiger partial charge >= 0.3 is 13.8 Å². The molecular weight excluding hydrogens is 509 g/mol. The molecule has 0 amide bonds. The van der Waals surface area contributed by atoms with Gasteiger partial charge in [0.15, 0.2) is 17.7 Å². The number of fused-ring (bicyclic) bond motifs is 1. The lowest BCUT2D eigenvalue weighted by molar-refractivity contribution is -0.136. The Morgan fingerprint density at radius 1 is 1.32 bits per heavy atom. The van der Waals surface area contributed by atoms with Gasteiger partial charge in [-0.1, -0.05) is 34.9 Å². The molecule has 34 heavy (non-hydrogen) atoms. The van der Waals surface area contributed by atoms with Gasteiger partial charge in [0.2, 0.25) is 0 Å². The molecule has 1 aliphatic heterocycles. The van der Waals surface area contributed by atoms with Crippen LogP contribution in [0.25, 0.3) is 11.2 Å². The van der Waals surface area contributed by atoms with E-state index in [1.807, 2.05) is 6.26 Å². The first-order valence-corrected chi connectivity index (χ1v) is 14.6. The Kier molecular flexibility index (Phi) is 9.57. The number of phosphoric acid groups is 1. The van der Waals surface area contributed by atoms with Gasteiger partial charge in [-0.25, -0.2) is 19.5 Å². The lowest BCUT2D eigenvalue weighted by atomic mass is 10.1. The van der Waals surface area contributed by atoms with Crippen LogP contribution in [0.3, 0.4) is 0 Å². The molecule has 0 aliphatic carbocycles. The van der Waals surface area contributed by atoms with Crippen LogP contribution < -0.4 is 5.73 Å². The highest BCUT2D eigenvalue weighted by Crippen LogP contribution is 2.45. The van der Waals surface area contributed by atoms with Gasteiger partial charge in [0.05, 0.1) is 12.9 Å². The first kappa shape index (κ1) is 27.1. The van der Waals surface area contributed by atoms with Gasteiger partial charge in [0.1, 0.15) is 30.2 Å². The number of ether oxygens (including phenoxy) is 1. The third kappa shape index (κ3) is 6.82. The molecule has 1 unspecified atom stereocenters. The number of nitrogens with zero attached hydrogens (tertiary/aromatic N) is 4. The second-order valence-electron chi connectivity index (χ2n) is 7.68. The third-order valence-corrected chi connectivity index (χ3v) is 8.35. The Morgan fingerprint density at radius 2 is 2.09 bits per heavy atom. The van der Waals surface area contributed by atoms with E-state index >= 15 is 0 Å². The fourth-order valence-corrected chi connectivity index (χ4v) is 6.04. The van der Waals surface area contributed by atoms with Crippen LogP contribution in [0.1, 0.15) is 38.8 Å². The number of aliphatic hydroxyl groups is 2. The van der Waals surface area contributed by atoms with Crippen molar-refractivity contribution in [2.45, 2.75) is 62.4 Å². The van der Waals surface area contributed by atoms with Gasteiger partial charge in [-0.05, 0) is 19.1 Å². The van der Waals surface area contributed by atoms with Crippen molar-refractivity contribution < 1.29 is 38.3 Å². The molecule has 13 nitrogen and oxygen atoms in total. The molecule has 3 rings (SSSR count). The number of rotatable bonds is 12.